The molecule has 1 N–H and O–H groups in total. The van der Waals surface area contributed by atoms with Gasteiger partial charge in [0, 0.05) is 6.07 Å². The van der Waals surface area contributed by atoms with Crippen molar-refractivity contribution in [1.82, 2.24) is 5.16 Å². The fourth-order valence-corrected chi connectivity index (χ4v) is 2.39. The normalized spacial score (nSPS) is 10.3. The van der Waals surface area contributed by atoms with Crippen molar-refractivity contribution in [3.8, 4) is 5.75 Å². The highest BCUT2D eigenvalue weighted by molar-refractivity contribution is 5.96. The van der Waals surface area contributed by atoms with Crippen LogP contribution in [0.4, 0.5) is 5.82 Å². The van der Waals surface area contributed by atoms with Crippen LogP contribution >= 0.6 is 0 Å². The summed E-state index contributed by atoms with van der Waals surface area (Å²) in [5.41, 5.74) is 2.37. The van der Waals surface area contributed by atoms with Crippen molar-refractivity contribution in [3.05, 3.63) is 77.6 Å². The Hall–Kier alpha value is -3.61. The van der Waals surface area contributed by atoms with Crippen molar-refractivity contribution < 1.29 is 23.6 Å². The lowest BCUT2D eigenvalue weighted by atomic mass is 10.1. The van der Waals surface area contributed by atoms with Gasteiger partial charge < -0.3 is 19.3 Å². The number of hydrogen-bond acceptors (Lipinski definition) is 6. The topological polar surface area (TPSA) is 90.7 Å². The zero-order valence-electron chi connectivity index (χ0n) is 14.7. The number of ether oxygens (including phenoxy) is 2. The Labute approximate surface area is 155 Å². The number of rotatable bonds is 7. The van der Waals surface area contributed by atoms with Crippen molar-refractivity contribution in [2.75, 3.05) is 11.9 Å². The highest BCUT2D eigenvalue weighted by Gasteiger charge is 2.16. The van der Waals surface area contributed by atoms with Crippen molar-refractivity contribution in [3.63, 3.8) is 0 Å². The Morgan fingerprint density at radius 3 is 2.74 bits per heavy atom. The van der Waals surface area contributed by atoms with Crippen molar-refractivity contribution >= 4 is 17.7 Å². The second-order valence-electron chi connectivity index (χ2n) is 5.78. The van der Waals surface area contributed by atoms with E-state index in [2.05, 4.69) is 15.0 Å². The lowest BCUT2D eigenvalue weighted by Gasteiger charge is -2.11. The summed E-state index contributed by atoms with van der Waals surface area (Å²) in [6, 6.07) is 16.1. The predicted molar refractivity (Wildman–Crippen MR) is 97.4 cm³/mol. The van der Waals surface area contributed by atoms with E-state index in [-0.39, 0.29) is 11.4 Å². The lowest BCUT2D eigenvalue weighted by molar-refractivity contribution is -0.119. The molecule has 0 fully saturated rings. The number of aryl methyl sites for hydroxylation is 1. The highest BCUT2D eigenvalue weighted by atomic mass is 16.5. The van der Waals surface area contributed by atoms with Gasteiger partial charge in [-0.2, -0.15) is 0 Å². The molecule has 27 heavy (non-hydrogen) atoms. The minimum Gasteiger partial charge on any atom is -0.488 e. The quantitative estimate of drug-likeness (QED) is 0.645. The van der Waals surface area contributed by atoms with Crippen LogP contribution in [-0.2, 0) is 16.1 Å². The molecule has 0 atom stereocenters. The molecule has 0 bridgehead atoms. The van der Waals surface area contributed by atoms with Crippen molar-refractivity contribution in [2.24, 2.45) is 0 Å². The van der Waals surface area contributed by atoms with Gasteiger partial charge in [-0.1, -0.05) is 47.1 Å². The SMILES string of the molecule is Cc1cccc(COc2ccccc2C(=O)OCC(=O)Nc2ccon2)c1. The fraction of sp³-hybridized carbons (Fsp3) is 0.150. The maximum absolute atomic E-state index is 12.3. The van der Waals surface area contributed by atoms with Crippen LogP contribution < -0.4 is 10.1 Å². The minimum atomic E-state index is -0.648. The summed E-state index contributed by atoms with van der Waals surface area (Å²) in [4.78, 5) is 24.1. The van der Waals surface area contributed by atoms with E-state index in [4.69, 9.17) is 9.47 Å². The number of carbonyl (C=O) groups is 2. The number of carbonyl (C=O) groups excluding carboxylic acids is 2. The Bertz CT molecular complexity index is 922. The Morgan fingerprint density at radius 2 is 1.96 bits per heavy atom. The van der Waals surface area contributed by atoms with Gasteiger partial charge in [-0.25, -0.2) is 4.79 Å². The number of amides is 1. The largest absolute Gasteiger partial charge is 0.488 e. The molecule has 3 aromatic rings. The summed E-state index contributed by atoms with van der Waals surface area (Å²) in [5.74, 6) is -0.528. The maximum atomic E-state index is 12.3. The Balaban J connectivity index is 1.59. The molecule has 1 aromatic heterocycles. The minimum absolute atomic E-state index is 0.248. The van der Waals surface area contributed by atoms with Gasteiger partial charge in [-0.15, -0.1) is 0 Å². The molecule has 1 heterocycles. The highest BCUT2D eigenvalue weighted by Crippen LogP contribution is 2.20. The molecule has 0 aliphatic carbocycles. The molecule has 0 unspecified atom stereocenters. The average Bonchev–Trinajstić information content (AvgIpc) is 3.18. The third-order valence-electron chi connectivity index (χ3n) is 3.62. The molecule has 0 radical (unpaired) electrons. The summed E-state index contributed by atoms with van der Waals surface area (Å²) in [6.45, 7) is 1.87. The number of esters is 1. The monoisotopic (exact) mass is 366 g/mol. The van der Waals surface area contributed by atoms with Crippen molar-refractivity contribution in [1.29, 1.82) is 0 Å². The Morgan fingerprint density at radius 1 is 1.11 bits per heavy atom. The van der Waals surface area contributed by atoms with Gasteiger partial charge >= 0.3 is 5.97 Å². The molecule has 0 saturated heterocycles. The van der Waals surface area contributed by atoms with E-state index in [1.165, 1.54) is 12.3 Å². The van der Waals surface area contributed by atoms with Gasteiger partial charge in [0.2, 0.25) is 0 Å². The molecule has 138 valence electrons. The molecular weight excluding hydrogens is 348 g/mol. The van der Waals surface area contributed by atoms with Crippen LogP contribution in [0.15, 0.2) is 65.4 Å². The predicted octanol–water partition coefficient (Wildman–Crippen LogP) is 3.36. The van der Waals surface area contributed by atoms with Gasteiger partial charge in [0.05, 0.1) is 0 Å². The van der Waals surface area contributed by atoms with E-state index in [9.17, 15) is 9.59 Å². The maximum Gasteiger partial charge on any atom is 0.342 e. The summed E-state index contributed by atoms with van der Waals surface area (Å²) >= 11 is 0. The zero-order chi connectivity index (χ0) is 19.1. The lowest BCUT2D eigenvalue weighted by Crippen LogP contribution is -2.21. The summed E-state index contributed by atoms with van der Waals surface area (Å²) in [5, 5.41) is 5.99. The fourth-order valence-electron chi connectivity index (χ4n) is 2.39. The smallest absolute Gasteiger partial charge is 0.342 e. The van der Waals surface area contributed by atoms with E-state index in [0.717, 1.165) is 11.1 Å². The number of nitrogens with one attached hydrogen (secondary N) is 1. The molecule has 0 saturated carbocycles. The number of para-hydroxylation sites is 1. The second kappa shape index (κ2) is 8.66. The first-order chi connectivity index (χ1) is 13.1. The Kier molecular flexibility index (Phi) is 5.84. The molecule has 0 aliphatic heterocycles. The second-order valence-corrected chi connectivity index (χ2v) is 5.78. The van der Waals surface area contributed by atoms with E-state index in [1.807, 2.05) is 31.2 Å². The number of aromatic nitrogens is 1. The van der Waals surface area contributed by atoms with Gasteiger partial charge in [0.25, 0.3) is 5.91 Å². The summed E-state index contributed by atoms with van der Waals surface area (Å²) < 4.78 is 15.4. The summed E-state index contributed by atoms with van der Waals surface area (Å²) in [7, 11) is 0. The first kappa shape index (κ1) is 18.2. The van der Waals surface area contributed by atoms with E-state index in [1.54, 1.807) is 24.3 Å². The van der Waals surface area contributed by atoms with Gasteiger partial charge in [0.15, 0.2) is 12.4 Å². The molecular formula is C20H18N2O5. The molecule has 1 amide bonds. The third kappa shape index (κ3) is 5.18. The molecule has 3 rings (SSSR count). The standard InChI is InChI=1S/C20H18N2O5/c1-14-5-4-6-15(11-14)12-25-17-8-3-2-7-16(17)20(24)26-13-19(23)21-18-9-10-27-22-18/h2-11H,12-13H2,1H3,(H,21,22,23). The van der Waals surface area contributed by atoms with Crippen LogP contribution in [0.3, 0.4) is 0 Å². The number of anilines is 1. The summed E-state index contributed by atoms with van der Waals surface area (Å²) in [6.07, 6.45) is 1.32. The van der Waals surface area contributed by atoms with Crippen LogP contribution in [0.1, 0.15) is 21.5 Å². The number of nitrogens with zero attached hydrogens (tertiary/aromatic N) is 1. The van der Waals surface area contributed by atoms with Crippen molar-refractivity contribution in [2.45, 2.75) is 13.5 Å². The third-order valence-corrected chi connectivity index (χ3v) is 3.62. The molecule has 7 heteroatoms. The number of benzene rings is 2. The molecule has 0 aliphatic rings. The molecule has 0 spiro atoms. The zero-order valence-corrected chi connectivity index (χ0v) is 14.7. The van der Waals surface area contributed by atoms with Crippen LogP contribution in [0, 0.1) is 6.92 Å². The van der Waals surface area contributed by atoms with E-state index >= 15 is 0 Å². The van der Waals surface area contributed by atoms with E-state index < -0.39 is 18.5 Å². The van der Waals surface area contributed by atoms with Crippen LogP contribution in [0.2, 0.25) is 0 Å². The first-order valence-electron chi connectivity index (χ1n) is 8.26. The number of hydrogen-bond donors (Lipinski definition) is 1. The van der Waals surface area contributed by atoms with Gasteiger partial charge in [-0.3, -0.25) is 4.79 Å². The first-order valence-corrected chi connectivity index (χ1v) is 8.26. The van der Waals surface area contributed by atoms with Gasteiger partial charge in [0.1, 0.15) is 24.2 Å². The average molecular weight is 366 g/mol. The van der Waals surface area contributed by atoms with Gasteiger partial charge in [-0.05, 0) is 24.6 Å². The molecule has 7 nitrogen and oxygen atoms in total. The van der Waals surface area contributed by atoms with E-state index in [0.29, 0.717) is 12.4 Å². The van der Waals surface area contributed by atoms with Crippen LogP contribution in [0.5, 0.6) is 5.75 Å². The molecule has 2 aromatic carbocycles. The van der Waals surface area contributed by atoms with Crippen LogP contribution in [-0.4, -0.2) is 23.6 Å². The van der Waals surface area contributed by atoms with Crippen LogP contribution in [0.25, 0.3) is 0 Å².